The summed E-state index contributed by atoms with van der Waals surface area (Å²) in [6, 6.07) is 21.0. The second-order valence-electron chi connectivity index (χ2n) is 5.64. The summed E-state index contributed by atoms with van der Waals surface area (Å²) >= 11 is 0. The molecule has 0 radical (unpaired) electrons. The SMILES string of the molecule is COc1cc2c(cnn2-c2ccc(Nc3ccccc3)cc2)cc1F. The van der Waals surface area contributed by atoms with Crippen molar-refractivity contribution in [3.8, 4) is 11.4 Å². The minimum Gasteiger partial charge on any atom is -0.494 e. The Morgan fingerprint density at radius 2 is 1.68 bits per heavy atom. The first-order valence-electron chi connectivity index (χ1n) is 7.88. The Morgan fingerprint density at radius 1 is 0.960 bits per heavy atom. The number of fused-ring (bicyclic) bond motifs is 1. The molecule has 0 saturated carbocycles. The quantitative estimate of drug-likeness (QED) is 0.576. The van der Waals surface area contributed by atoms with Crippen molar-refractivity contribution in [2.75, 3.05) is 12.4 Å². The van der Waals surface area contributed by atoms with Crippen molar-refractivity contribution in [3.63, 3.8) is 0 Å². The molecule has 0 aliphatic rings. The lowest BCUT2D eigenvalue weighted by atomic mass is 10.2. The van der Waals surface area contributed by atoms with Crippen LogP contribution >= 0.6 is 0 Å². The van der Waals surface area contributed by atoms with E-state index < -0.39 is 5.82 Å². The third-order valence-electron chi connectivity index (χ3n) is 4.02. The molecule has 1 aromatic heterocycles. The van der Waals surface area contributed by atoms with Crippen molar-refractivity contribution in [3.05, 3.63) is 78.7 Å². The average molecular weight is 333 g/mol. The van der Waals surface area contributed by atoms with Gasteiger partial charge in [-0.15, -0.1) is 0 Å². The first kappa shape index (κ1) is 15.2. The number of anilines is 2. The molecule has 0 atom stereocenters. The number of aromatic nitrogens is 2. The lowest BCUT2D eigenvalue weighted by Crippen LogP contribution is -1.97. The predicted molar refractivity (Wildman–Crippen MR) is 97.3 cm³/mol. The summed E-state index contributed by atoms with van der Waals surface area (Å²) < 4.78 is 20.7. The zero-order chi connectivity index (χ0) is 17.2. The molecular weight excluding hydrogens is 317 g/mol. The highest BCUT2D eigenvalue weighted by molar-refractivity contribution is 5.82. The second-order valence-corrected chi connectivity index (χ2v) is 5.64. The summed E-state index contributed by atoms with van der Waals surface area (Å²) in [5.41, 5.74) is 3.69. The highest BCUT2D eigenvalue weighted by Crippen LogP contribution is 2.27. The highest BCUT2D eigenvalue weighted by Gasteiger charge is 2.10. The summed E-state index contributed by atoms with van der Waals surface area (Å²) in [4.78, 5) is 0. The van der Waals surface area contributed by atoms with Crippen LogP contribution in [0.5, 0.6) is 5.75 Å². The molecule has 1 N–H and O–H groups in total. The molecule has 5 heteroatoms. The van der Waals surface area contributed by atoms with Crippen LogP contribution < -0.4 is 10.1 Å². The zero-order valence-corrected chi connectivity index (χ0v) is 13.6. The van der Waals surface area contributed by atoms with Crippen molar-refractivity contribution < 1.29 is 9.13 Å². The highest BCUT2D eigenvalue weighted by atomic mass is 19.1. The molecule has 4 nitrogen and oxygen atoms in total. The summed E-state index contributed by atoms with van der Waals surface area (Å²) in [7, 11) is 1.45. The number of nitrogens with one attached hydrogen (secondary N) is 1. The molecule has 0 aliphatic carbocycles. The van der Waals surface area contributed by atoms with Crippen molar-refractivity contribution in [2.24, 2.45) is 0 Å². The first-order valence-corrected chi connectivity index (χ1v) is 7.88. The number of benzene rings is 3. The number of para-hydroxylation sites is 1. The summed E-state index contributed by atoms with van der Waals surface area (Å²) in [6.07, 6.45) is 1.65. The number of rotatable bonds is 4. The van der Waals surface area contributed by atoms with Crippen LogP contribution in [0.1, 0.15) is 0 Å². The second kappa shape index (κ2) is 6.28. The topological polar surface area (TPSA) is 39.1 Å². The van der Waals surface area contributed by atoms with Crippen LogP contribution in [0, 0.1) is 5.82 Å². The molecule has 1 heterocycles. The van der Waals surface area contributed by atoms with Crippen LogP contribution in [-0.4, -0.2) is 16.9 Å². The van der Waals surface area contributed by atoms with Gasteiger partial charge in [-0.05, 0) is 42.5 Å². The lowest BCUT2D eigenvalue weighted by Gasteiger charge is -2.09. The molecule has 124 valence electrons. The molecule has 0 saturated heterocycles. The Kier molecular flexibility index (Phi) is 3.82. The maximum atomic E-state index is 13.8. The summed E-state index contributed by atoms with van der Waals surface area (Å²) in [6.45, 7) is 0. The molecule has 0 amide bonds. The summed E-state index contributed by atoms with van der Waals surface area (Å²) in [5.74, 6) is -0.187. The molecule has 4 rings (SSSR count). The van der Waals surface area contributed by atoms with E-state index in [1.54, 1.807) is 16.9 Å². The molecule has 0 bridgehead atoms. The fraction of sp³-hybridized carbons (Fsp3) is 0.0500. The normalized spacial score (nSPS) is 10.8. The maximum Gasteiger partial charge on any atom is 0.165 e. The number of hydrogen-bond donors (Lipinski definition) is 1. The fourth-order valence-electron chi connectivity index (χ4n) is 2.76. The van der Waals surface area contributed by atoms with Gasteiger partial charge in [-0.25, -0.2) is 9.07 Å². The fourth-order valence-corrected chi connectivity index (χ4v) is 2.76. The van der Waals surface area contributed by atoms with Gasteiger partial charge in [-0.1, -0.05) is 18.2 Å². The smallest absolute Gasteiger partial charge is 0.165 e. The molecular formula is C20H16FN3O. The van der Waals surface area contributed by atoms with Gasteiger partial charge >= 0.3 is 0 Å². The third kappa shape index (κ3) is 2.92. The van der Waals surface area contributed by atoms with Gasteiger partial charge in [0.25, 0.3) is 0 Å². The van der Waals surface area contributed by atoms with E-state index in [4.69, 9.17) is 4.74 Å². The summed E-state index contributed by atoms with van der Waals surface area (Å²) in [5, 5.41) is 8.44. The van der Waals surface area contributed by atoms with Crippen molar-refractivity contribution in [1.82, 2.24) is 9.78 Å². The third-order valence-corrected chi connectivity index (χ3v) is 4.02. The molecule has 0 unspecified atom stereocenters. The van der Waals surface area contributed by atoms with E-state index >= 15 is 0 Å². The van der Waals surface area contributed by atoms with Gasteiger partial charge in [0.1, 0.15) is 0 Å². The minimum atomic E-state index is -0.392. The van der Waals surface area contributed by atoms with Gasteiger partial charge < -0.3 is 10.1 Å². The van der Waals surface area contributed by atoms with Gasteiger partial charge in [0.2, 0.25) is 0 Å². The maximum absolute atomic E-state index is 13.8. The standard InChI is InChI=1S/C20H16FN3O/c1-25-20-12-19-14(11-18(20)21)13-22-24(19)17-9-7-16(8-10-17)23-15-5-3-2-4-6-15/h2-13,23H,1H3. The molecule has 0 aliphatic heterocycles. The van der Waals surface area contributed by atoms with Gasteiger partial charge in [0.05, 0.1) is 24.5 Å². The van der Waals surface area contributed by atoms with Crippen molar-refractivity contribution in [1.29, 1.82) is 0 Å². The van der Waals surface area contributed by atoms with Gasteiger partial charge in [0.15, 0.2) is 11.6 Å². The van der Waals surface area contributed by atoms with E-state index in [0.717, 1.165) is 28.0 Å². The van der Waals surface area contributed by atoms with E-state index in [-0.39, 0.29) is 5.75 Å². The van der Waals surface area contributed by atoms with Crippen LogP contribution in [0.25, 0.3) is 16.6 Å². The number of nitrogens with zero attached hydrogens (tertiary/aromatic N) is 2. The minimum absolute atomic E-state index is 0.205. The van der Waals surface area contributed by atoms with Crippen molar-refractivity contribution in [2.45, 2.75) is 0 Å². The predicted octanol–water partition coefficient (Wildman–Crippen LogP) is 4.92. The molecule has 4 aromatic rings. The van der Waals surface area contributed by atoms with Crippen LogP contribution in [-0.2, 0) is 0 Å². The molecule has 25 heavy (non-hydrogen) atoms. The van der Waals surface area contributed by atoms with E-state index in [0.29, 0.717) is 0 Å². The van der Waals surface area contributed by atoms with Crippen LogP contribution in [0.4, 0.5) is 15.8 Å². The molecule has 0 fully saturated rings. The van der Waals surface area contributed by atoms with E-state index in [9.17, 15) is 4.39 Å². The number of halogens is 1. The van der Waals surface area contributed by atoms with Crippen molar-refractivity contribution >= 4 is 22.3 Å². The van der Waals surface area contributed by atoms with E-state index in [1.807, 2.05) is 54.6 Å². The van der Waals surface area contributed by atoms with Crippen LogP contribution in [0.2, 0.25) is 0 Å². The molecule has 3 aromatic carbocycles. The Hall–Kier alpha value is -3.34. The Morgan fingerprint density at radius 3 is 2.40 bits per heavy atom. The molecule has 0 spiro atoms. The Labute approximate surface area is 144 Å². The number of hydrogen-bond acceptors (Lipinski definition) is 3. The Bertz CT molecular complexity index is 1010. The number of ether oxygens (including phenoxy) is 1. The number of methoxy groups -OCH3 is 1. The van der Waals surface area contributed by atoms with E-state index in [2.05, 4.69) is 10.4 Å². The largest absolute Gasteiger partial charge is 0.494 e. The van der Waals surface area contributed by atoms with Crippen LogP contribution in [0.3, 0.4) is 0 Å². The van der Waals surface area contributed by atoms with Gasteiger partial charge in [0, 0.05) is 22.8 Å². The van der Waals surface area contributed by atoms with Gasteiger partial charge in [-0.3, -0.25) is 0 Å². The van der Waals surface area contributed by atoms with E-state index in [1.165, 1.54) is 13.2 Å². The Balaban J connectivity index is 1.67. The zero-order valence-electron chi connectivity index (χ0n) is 13.6. The average Bonchev–Trinajstić information content (AvgIpc) is 3.05. The monoisotopic (exact) mass is 333 g/mol. The lowest BCUT2D eigenvalue weighted by molar-refractivity contribution is 0.387. The first-order chi connectivity index (χ1) is 12.2. The van der Waals surface area contributed by atoms with Crippen LogP contribution in [0.15, 0.2) is 72.9 Å². The van der Waals surface area contributed by atoms with Gasteiger partial charge in [-0.2, -0.15) is 5.10 Å².